The van der Waals surface area contributed by atoms with Crippen molar-refractivity contribution < 1.29 is 4.79 Å². The van der Waals surface area contributed by atoms with Crippen LogP contribution in [0, 0.1) is 13.8 Å². The molecule has 4 rings (SSSR count). The number of fused-ring (bicyclic) bond motifs is 1. The van der Waals surface area contributed by atoms with Crippen molar-refractivity contribution in [1.82, 2.24) is 24.4 Å². The van der Waals surface area contributed by atoms with Gasteiger partial charge in [-0.15, -0.1) is 0 Å². The van der Waals surface area contributed by atoms with Gasteiger partial charge in [-0.05, 0) is 43.7 Å². The average Bonchev–Trinajstić information content (AvgIpc) is 3.24. The molecule has 0 unspecified atom stereocenters. The summed E-state index contributed by atoms with van der Waals surface area (Å²) in [5, 5.41) is 11.4. The van der Waals surface area contributed by atoms with Crippen LogP contribution in [-0.4, -0.2) is 30.3 Å². The summed E-state index contributed by atoms with van der Waals surface area (Å²) in [6.07, 6.45) is 5.20. The van der Waals surface area contributed by atoms with E-state index in [4.69, 9.17) is 0 Å². The number of benzene rings is 1. The standard InChI is InChI=1S/C19H18N6O/c1-13-9-14(2)25-18(22-13)17(11-21-25)19(26)23-16-6-3-5-15(10-16)12-24-8-4-7-20-24/h3-11H,12H2,1-2H3,(H,23,26). The minimum atomic E-state index is -0.228. The number of aryl methyl sites for hydroxylation is 2. The highest BCUT2D eigenvalue weighted by Gasteiger charge is 2.15. The van der Waals surface area contributed by atoms with Crippen LogP contribution in [0.25, 0.3) is 5.65 Å². The van der Waals surface area contributed by atoms with E-state index in [1.54, 1.807) is 16.9 Å². The van der Waals surface area contributed by atoms with Gasteiger partial charge in [0.15, 0.2) is 5.65 Å². The van der Waals surface area contributed by atoms with Crippen molar-refractivity contribution >= 4 is 17.2 Å². The number of nitrogens with one attached hydrogen (secondary N) is 1. The predicted molar refractivity (Wildman–Crippen MR) is 98.2 cm³/mol. The monoisotopic (exact) mass is 346 g/mol. The van der Waals surface area contributed by atoms with Crippen LogP contribution in [0.1, 0.15) is 27.3 Å². The van der Waals surface area contributed by atoms with Crippen LogP contribution in [0.3, 0.4) is 0 Å². The number of carbonyl (C=O) groups excluding carboxylic acids is 1. The van der Waals surface area contributed by atoms with E-state index >= 15 is 0 Å². The lowest BCUT2D eigenvalue weighted by Gasteiger charge is -2.07. The van der Waals surface area contributed by atoms with E-state index in [2.05, 4.69) is 20.5 Å². The summed E-state index contributed by atoms with van der Waals surface area (Å²) in [5.74, 6) is -0.228. The molecular formula is C19H18N6O. The number of amides is 1. The minimum absolute atomic E-state index is 0.228. The average molecular weight is 346 g/mol. The van der Waals surface area contributed by atoms with Crippen LogP contribution < -0.4 is 5.32 Å². The molecule has 1 aromatic carbocycles. The van der Waals surface area contributed by atoms with Crippen LogP contribution in [-0.2, 0) is 6.54 Å². The third kappa shape index (κ3) is 3.06. The van der Waals surface area contributed by atoms with Crippen LogP contribution in [0.4, 0.5) is 5.69 Å². The van der Waals surface area contributed by atoms with Gasteiger partial charge in [0.1, 0.15) is 5.56 Å². The van der Waals surface area contributed by atoms with Crippen molar-refractivity contribution in [3.05, 3.63) is 77.5 Å². The van der Waals surface area contributed by atoms with Crippen LogP contribution in [0.5, 0.6) is 0 Å². The Bertz CT molecular complexity index is 1080. The predicted octanol–water partition coefficient (Wildman–Crippen LogP) is 2.84. The lowest BCUT2D eigenvalue weighted by molar-refractivity contribution is 0.102. The fourth-order valence-electron chi connectivity index (χ4n) is 2.96. The highest BCUT2D eigenvalue weighted by Crippen LogP contribution is 2.16. The molecule has 26 heavy (non-hydrogen) atoms. The number of anilines is 1. The maximum absolute atomic E-state index is 12.7. The highest BCUT2D eigenvalue weighted by atomic mass is 16.1. The maximum atomic E-state index is 12.7. The van der Waals surface area contributed by atoms with Crippen LogP contribution >= 0.6 is 0 Å². The molecule has 130 valence electrons. The second-order valence-corrected chi connectivity index (χ2v) is 6.19. The summed E-state index contributed by atoms with van der Waals surface area (Å²) in [6, 6.07) is 11.5. The first-order valence-electron chi connectivity index (χ1n) is 8.30. The molecule has 0 saturated heterocycles. The summed E-state index contributed by atoms with van der Waals surface area (Å²) in [6.45, 7) is 4.49. The first-order valence-corrected chi connectivity index (χ1v) is 8.30. The molecule has 1 amide bonds. The number of hydrogen-bond donors (Lipinski definition) is 1. The molecule has 0 atom stereocenters. The number of carbonyl (C=O) groups is 1. The fourth-order valence-corrected chi connectivity index (χ4v) is 2.96. The quantitative estimate of drug-likeness (QED) is 0.616. The first-order chi connectivity index (χ1) is 12.6. The van der Waals surface area contributed by atoms with E-state index in [-0.39, 0.29) is 5.91 Å². The Hall–Kier alpha value is -3.48. The second-order valence-electron chi connectivity index (χ2n) is 6.19. The van der Waals surface area contributed by atoms with Crippen LogP contribution in [0.15, 0.2) is 55.0 Å². The van der Waals surface area contributed by atoms with Gasteiger partial charge in [0.05, 0.1) is 12.7 Å². The number of nitrogens with zero attached hydrogens (tertiary/aromatic N) is 5. The van der Waals surface area contributed by atoms with Crippen LogP contribution in [0.2, 0.25) is 0 Å². The number of rotatable bonds is 4. The lowest BCUT2D eigenvalue weighted by atomic mass is 10.2. The normalized spacial score (nSPS) is 11.0. The molecule has 3 aromatic heterocycles. The third-order valence-electron chi connectivity index (χ3n) is 4.11. The van der Waals surface area contributed by atoms with E-state index in [1.165, 1.54) is 0 Å². The Kier molecular flexibility index (Phi) is 3.96. The van der Waals surface area contributed by atoms with Crippen molar-refractivity contribution in [1.29, 1.82) is 0 Å². The van der Waals surface area contributed by atoms with Crippen molar-refractivity contribution in [3.63, 3.8) is 0 Å². The second kappa shape index (κ2) is 6.44. The van der Waals surface area contributed by atoms with Crippen molar-refractivity contribution in [2.45, 2.75) is 20.4 Å². The lowest BCUT2D eigenvalue weighted by Crippen LogP contribution is -2.13. The maximum Gasteiger partial charge on any atom is 0.261 e. The van der Waals surface area contributed by atoms with Gasteiger partial charge in [0.25, 0.3) is 5.91 Å². The van der Waals surface area contributed by atoms with Gasteiger partial charge in [0.2, 0.25) is 0 Å². The highest BCUT2D eigenvalue weighted by molar-refractivity contribution is 6.08. The Balaban J connectivity index is 1.59. The molecule has 0 spiro atoms. The van der Waals surface area contributed by atoms with E-state index in [0.29, 0.717) is 17.8 Å². The molecule has 0 saturated carbocycles. The molecule has 3 heterocycles. The van der Waals surface area contributed by atoms with Gasteiger partial charge in [-0.2, -0.15) is 10.2 Å². The molecular weight excluding hydrogens is 328 g/mol. The van der Waals surface area contributed by atoms with Gasteiger partial charge in [-0.3, -0.25) is 9.48 Å². The zero-order valence-corrected chi connectivity index (χ0v) is 14.5. The molecule has 4 aromatic rings. The largest absolute Gasteiger partial charge is 0.322 e. The molecule has 0 bridgehead atoms. The molecule has 0 radical (unpaired) electrons. The zero-order chi connectivity index (χ0) is 18.1. The molecule has 7 nitrogen and oxygen atoms in total. The first kappa shape index (κ1) is 16.0. The molecule has 0 fully saturated rings. The topological polar surface area (TPSA) is 77.1 Å². The molecule has 1 N–H and O–H groups in total. The molecule has 0 aliphatic rings. The van der Waals surface area contributed by atoms with E-state index in [1.807, 2.05) is 61.1 Å². The molecule has 0 aliphatic heterocycles. The smallest absolute Gasteiger partial charge is 0.261 e. The van der Waals surface area contributed by atoms with Crippen molar-refractivity contribution in [3.8, 4) is 0 Å². The Morgan fingerprint density at radius 2 is 2.04 bits per heavy atom. The van der Waals surface area contributed by atoms with E-state index in [0.717, 1.165) is 22.6 Å². The third-order valence-corrected chi connectivity index (χ3v) is 4.11. The van der Waals surface area contributed by atoms with Crippen molar-refractivity contribution in [2.24, 2.45) is 0 Å². The SMILES string of the molecule is Cc1cc(C)n2ncc(C(=O)Nc3cccc(Cn4cccn4)c3)c2n1. The summed E-state index contributed by atoms with van der Waals surface area (Å²) in [7, 11) is 0. The van der Waals surface area contributed by atoms with Gasteiger partial charge in [-0.1, -0.05) is 12.1 Å². The molecule has 7 heteroatoms. The van der Waals surface area contributed by atoms with Crippen molar-refractivity contribution in [2.75, 3.05) is 5.32 Å². The number of hydrogen-bond acceptors (Lipinski definition) is 4. The summed E-state index contributed by atoms with van der Waals surface area (Å²) in [5.41, 5.74) is 4.58. The van der Waals surface area contributed by atoms with Gasteiger partial charge < -0.3 is 5.32 Å². The van der Waals surface area contributed by atoms with E-state index < -0.39 is 0 Å². The van der Waals surface area contributed by atoms with Gasteiger partial charge >= 0.3 is 0 Å². The number of aromatic nitrogens is 5. The fraction of sp³-hybridized carbons (Fsp3) is 0.158. The summed E-state index contributed by atoms with van der Waals surface area (Å²) in [4.78, 5) is 17.2. The zero-order valence-electron chi connectivity index (χ0n) is 14.5. The summed E-state index contributed by atoms with van der Waals surface area (Å²) < 4.78 is 3.51. The molecule has 0 aliphatic carbocycles. The van der Waals surface area contributed by atoms with Gasteiger partial charge in [0, 0.05) is 29.5 Å². The Morgan fingerprint density at radius 3 is 2.85 bits per heavy atom. The van der Waals surface area contributed by atoms with E-state index in [9.17, 15) is 4.79 Å². The Labute approximate surface area is 150 Å². The van der Waals surface area contributed by atoms with Gasteiger partial charge in [-0.25, -0.2) is 9.50 Å². The minimum Gasteiger partial charge on any atom is -0.322 e. The Morgan fingerprint density at radius 1 is 1.15 bits per heavy atom. The summed E-state index contributed by atoms with van der Waals surface area (Å²) >= 11 is 0.